The topological polar surface area (TPSA) is 49.4 Å². The van der Waals surface area contributed by atoms with Crippen LogP contribution in [0.3, 0.4) is 0 Å². The van der Waals surface area contributed by atoms with Crippen molar-refractivity contribution < 1.29 is 9.59 Å². The zero-order valence-corrected chi connectivity index (χ0v) is 13.1. The summed E-state index contributed by atoms with van der Waals surface area (Å²) in [6.07, 6.45) is 0.268. The minimum atomic E-state index is -0.123. The third-order valence-electron chi connectivity index (χ3n) is 3.08. The van der Waals surface area contributed by atoms with E-state index in [-0.39, 0.29) is 24.3 Å². The molecule has 0 saturated heterocycles. The van der Waals surface area contributed by atoms with Crippen LogP contribution in [0.25, 0.3) is 0 Å². The van der Waals surface area contributed by atoms with Crippen molar-refractivity contribution in [1.82, 2.24) is 4.90 Å². The third kappa shape index (κ3) is 4.85. The second kappa shape index (κ2) is 7.29. The summed E-state index contributed by atoms with van der Waals surface area (Å²) in [5, 5.41) is 3.40. The highest BCUT2D eigenvalue weighted by Gasteiger charge is 2.14. The molecular weight excluding hydrogens is 276 g/mol. The van der Waals surface area contributed by atoms with E-state index in [1.807, 2.05) is 26.8 Å². The van der Waals surface area contributed by atoms with Crippen molar-refractivity contribution in [2.45, 2.75) is 40.2 Å². The lowest BCUT2D eigenvalue weighted by molar-refractivity contribution is -0.130. The average molecular weight is 297 g/mol. The molecule has 0 radical (unpaired) electrons. The second-order valence-corrected chi connectivity index (χ2v) is 5.50. The Bertz CT molecular complexity index is 501. The number of carbonyl (C=O) groups excluding carboxylic acids is 2. The maximum Gasteiger partial charge on any atom is 0.226 e. The van der Waals surface area contributed by atoms with Crippen LogP contribution in [0.4, 0.5) is 5.69 Å². The van der Waals surface area contributed by atoms with Crippen molar-refractivity contribution in [3.63, 3.8) is 0 Å². The molecule has 110 valence electrons. The molecule has 0 aliphatic rings. The Labute approximate surface area is 125 Å². The Morgan fingerprint density at radius 1 is 1.35 bits per heavy atom. The minimum absolute atomic E-state index is 0.0215. The first kappa shape index (κ1) is 16.5. The van der Waals surface area contributed by atoms with Gasteiger partial charge in [0, 0.05) is 36.6 Å². The van der Waals surface area contributed by atoms with Crippen LogP contribution in [-0.2, 0) is 9.59 Å². The van der Waals surface area contributed by atoms with E-state index in [1.54, 1.807) is 17.0 Å². The summed E-state index contributed by atoms with van der Waals surface area (Å²) in [4.78, 5) is 25.0. The molecular formula is C15H21ClN2O2. The molecule has 4 nitrogen and oxygen atoms in total. The molecule has 0 bridgehead atoms. The first-order chi connectivity index (χ1) is 9.31. The van der Waals surface area contributed by atoms with Gasteiger partial charge >= 0.3 is 0 Å². The van der Waals surface area contributed by atoms with Gasteiger partial charge in [-0.3, -0.25) is 9.59 Å². The molecule has 0 heterocycles. The third-order valence-corrected chi connectivity index (χ3v) is 3.32. The lowest BCUT2D eigenvalue weighted by Gasteiger charge is -2.25. The second-order valence-electron chi connectivity index (χ2n) is 5.06. The highest BCUT2D eigenvalue weighted by atomic mass is 35.5. The molecule has 0 aromatic heterocycles. The highest BCUT2D eigenvalue weighted by molar-refractivity contribution is 6.31. The van der Waals surface area contributed by atoms with Crippen LogP contribution in [0.5, 0.6) is 0 Å². The molecule has 0 unspecified atom stereocenters. The number of anilines is 1. The molecule has 0 atom stereocenters. The Morgan fingerprint density at radius 3 is 2.55 bits per heavy atom. The maximum atomic E-state index is 11.9. The van der Waals surface area contributed by atoms with Gasteiger partial charge in [-0.2, -0.15) is 0 Å². The van der Waals surface area contributed by atoms with Gasteiger partial charge in [0.2, 0.25) is 11.8 Å². The SMILES string of the molecule is CC(=O)N(CCC(=O)Nc1cc(Cl)ccc1C)C(C)C. The van der Waals surface area contributed by atoms with Crippen LogP contribution in [0.15, 0.2) is 18.2 Å². The van der Waals surface area contributed by atoms with Crippen LogP contribution in [0, 0.1) is 6.92 Å². The fraction of sp³-hybridized carbons (Fsp3) is 0.467. The molecule has 0 spiro atoms. The summed E-state index contributed by atoms with van der Waals surface area (Å²) in [6.45, 7) is 7.69. The zero-order chi connectivity index (χ0) is 15.3. The Morgan fingerprint density at radius 2 is 2.00 bits per heavy atom. The van der Waals surface area contributed by atoms with Gasteiger partial charge in [-0.1, -0.05) is 17.7 Å². The quantitative estimate of drug-likeness (QED) is 0.907. The first-order valence-electron chi connectivity index (χ1n) is 6.64. The average Bonchev–Trinajstić information content (AvgIpc) is 2.33. The molecule has 1 aromatic carbocycles. The number of hydrogen-bond donors (Lipinski definition) is 1. The predicted octanol–water partition coefficient (Wildman–Crippen LogP) is 3.23. The first-order valence-corrected chi connectivity index (χ1v) is 7.02. The Kier molecular flexibility index (Phi) is 6.02. The number of rotatable bonds is 5. The molecule has 2 amide bonds. The lowest BCUT2D eigenvalue weighted by Crippen LogP contribution is -2.37. The monoisotopic (exact) mass is 296 g/mol. The zero-order valence-electron chi connectivity index (χ0n) is 12.4. The van der Waals surface area contributed by atoms with E-state index < -0.39 is 0 Å². The van der Waals surface area contributed by atoms with E-state index in [1.165, 1.54) is 6.92 Å². The summed E-state index contributed by atoms with van der Waals surface area (Å²) in [7, 11) is 0. The van der Waals surface area contributed by atoms with E-state index >= 15 is 0 Å². The van der Waals surface area contributed by atoms with Crippen molar-refractivity contribution in [3.05, 3.63) is 28.8 Å². The van der Waals surface area contributed by atoms with Crippen LogP contribution in [0.2, 0.25) is 5.02 Å². The van der Waals surface area contributed by atoms with Crippen molar-refractivity contribution in [2.75, 3.05) is 11.9 Å². The highest BCUT2D eigenvalue weighted by Crippen LogP contribution is 2.20. The van der Waals surface area contributed by atoms with Crippen LogP contribution in [-0.4, -0.2) is 29.3 Å². The summed E-state index contributed by atoms with van der Waals surface area (Å²) in [5.74, 6) is -0.144. The van der Waals surface area contributed by atoms with E-state index in [9.17, 15) is 9.59 Å². The van der Waals surface area contributed by atoms with Gasteiger partial charge in [0.25, 0.3) is 0 Å². The van der Waals surface area contributed by atoms with Crippen molar-refractivity contribution in [2.24, 2.45) is 0 Å². The van der Waals surface area contributed by atoms with Crippen LogP contribution < -0.4 is 5.32 Å². The van der Waals surface area contributed by atoms with Gasteiger partial charge in [0.1, 0.15) is 0 Å². The largest absolute Gasteiger partial charge is 0.340 e. The Hall–Kier alpha value is -1.55. The maximum absolute atomic E-state index is 11.9. The summed E-state index contributed by atoms with van der Waals surface area (Å²) < 4.78 is 0. The number of hydrogen-bond acceptors (Lipinski definition) is 2. The van der Waals surface area contributed by atoms with Gasteiger partial charge in [0.05, 0.1) is 0 Å². The minimum Gasteiger partial charge on any atom is -0.340 e. The standard InChI is InChI=1S/C15H21ClN2O2/c1-10(2)18(12(4)19)8-7-15(20)17-14-9-13(16)6-5-11(14)3/h5-6,9-10H,7-8H2,1-4H3,(H,17,20). The van der Waals surface area contributed by atoms with Gasteiger partial charge in [-0.05, 0) is 38.5 Å². The molecule has 1 aromatic rings. The molecule has 1 N–H and O–H groups in total. The number of nitrogens with zero attached hydrogens (tertiary/aromatic N) is 1. The molecule has 0 saturated carbocycles. The lowest BCUT2D eigenvalue weighted by atomic mass is 10.2. The number of halogens is 1. The van der Waals surface area contributed by atoms with Crippen molar-refractivity contribution in [3.8, 4) is 0 Å². The molecule has 20 heavy (non-hydrogen) atoms. The van der Waals surface area contributed by atoms with E-state index in [0.29, 0.717) is 17.3 Å². The smallest absolute Gasteiger partial charge is 0.226 e. The molecule has 0 fully saturated rings. The van der Waals surface area contributed by atoms with Gasteiger partial charge in [0.15, 0.2) is 0 Å². The van der Waals surface area contributed by atoms with Gasteiger partial charge < -0.3 is 10.2 Å². The van der Waals surface area contributed by atoms with E-state index in [0.717, 1.165) is 5.56 Å². The van der Waals surface area contributed by atoms with E-state index in [4.69, 9.17) is 11.6 Å². The van der Waals surface area contributed by atoms with Gasteiger partial charge in [-0.25, -0.2) is 0 Å². The summed E-state index contributed by atoms with van der Waals surface area (Å²) in [5.41, 5.74) is 1.66. The summed E-state index contributed by atoms with van der Waals surface area (Å²) >= 11 is 5.91. The molecule has 0 aliphatic heterocycles. The van der Waals surface area contributed by atoms with Crippen molar-refractivity contribution in [1.29, 1.82) is 0 Å². The number of benzene rings is 1. The molecule has 0 aliphatic carbocycles. The number of aryl methyl sites for hydroxylation is 1. The number of nitrogens with one attached hydrogen (secondary N) is 1. The van der Waals surface area contributed by atoms with Crippen LogP contribution >= 0.6 is 11.6 Å². The van der Waals surface area contributed by atoms with Crippen LogP contribution in [0.1, 0.15) is 32.8 Å². The predicted molar refractivity (Wildman–Crippen MR) is 82.0 cm³/mol. The molecule has 5 heteroatoms. The number of carbonyl (C=O) groups is 2. The number of amides is 2. The van der Waals surface area contributed by atoms with E-state index in [2.05, 4.69) is 5.32 Å². The fourth-order valence-corrected chi connectivity index (χ4v) is 2.11. The molecule has 1 rings (SSSR count). The van der Waals surface area contributed by atoms with Crippen molar-refractivity contribution >= 4 is 29.1 Å². The fourth-order valence-electron chi connectivity index (χ4n) is 1.94. The Balaban J connectivity index is 2.60. The normalized spacial score (nSPS) is 10.5. The summed E-state index contributed by atoms with van der Waals surface area (Å²) in [6, 6.07) is 5.45. The van der Waals surface area contributed by atoms with Gasteiger partial charge in [-0.15, -0.1) is 0 Å².